The van der Waals surface area contributed by atoms with Crippen molar-refractivity contribution in [1.82, 2.24) is 15.1 Å². The molecule has 2 N–H and O–H groups in total. The number of ether oxygens (including phenoxy) is 1. The summed E-state index contributed by atoms with van der Waals surface area (Å²) >= 11 is 0. The van der Waals surface area contributed by atoms with Crippen molar-refractivity contribution in [1.29, 1.82) is 0 Å². The van der Waals surface area contributed by atoms with Gasteiger partial charge in [-0.2, -0.15) is 18.3 Å². The second kappa shape index (κ2) is 9.98. The minimum Gasteiger partial charge on any atom is -0.484 e. The number of hydrogen-bond acceptors (Lipinski definition) is 4. The van der Waals surface area contributed by atoms with Crippen LogP contribution >= 0.6 is 0 Å². The second-order valence-electron chi connectivity index (χ2n) is 8.38. The average Bonchev–Trinajstić information content (AvgIpc) is 3.25. The molecule has 188 valence electrons. The molecule has 0 aliphatic heterocycles. The van der Waals surface area contributed by atoms with E-state index in [0.29, 0.717) is 22.4 Å². The van der Waals surface area contributed by atoms with Crippen molar-refractivity contribution in [3.8, 4) is 11.4 Å². The number of amides is 1. The Balaban J connectivity index is 1.65. The quantitative estimate of drug-likeness (QED) is 0.342. The van der Waals surface area contributed by atoms with Gasteiger partial charge in [-0.1, -0.05) is 12.1 Å². The highest BCUT2D eigenvalue weighted by Gasteiger charge is 2.31. The molecular weight excluding hydrogens is 478 g/mol. The molecule has 1 amide bonds. The summed E-state index contributed by atoms with van der Waals surface area (Å²) < 4.78 is 60.2. The van der Waals surface area contributed by atoms with Crippen molar-refractivity contribution in [3.05, 3.63) is 89.9 Å². The normalized spacial score (nSPS) is 14.3. The molecule has 0 aliphatic carbocycles. The van der Waals surface area contributed by atoms with E-state index in [2.05, 4.69) is 10.4 Å². The van der Waals surface area contributed by atoms with Crippen LogP contribution in [0.15, 0.2) is 72.9 Å². The third-order valence-electron chi connectivity index (χ3n) is 5.64. The van der Waals surface area contributed by atoms with Gasteiger partial charge < -0.3 is 15.2 Å². The monoisotopic (exact) mass is 501 g/mol. The lowest BCUT2D eigenvalue weighted by Gasteiger charge is -2.27. The first kappa shape index (κ1) is 25.2. The molecule has 0 spiro atoms. The standard InChI is InChI=1S/C26H23F4N3O3/c1-15(32-25(35)16(2)34)24(17-3-5-19(6-4-17)26(28,29)30)36-22-11-12-23-18(13-22)14-31-33(23)21-9-7-20(27)8-10-21/h3-16,24,34H,1-2H3,(H,32,35)/t15-,16?,24-/m0/s1. The van der Waals surface area contributed by atoms with Gasteiger partial charge in [0, 0.05) is 5.39 Å². The van der Waals surface area contributed by atoms with Crippen molar-refractivity contribution < 1.29 is 32.2 Å². The smallest absolute Gasteiger partial charge is 0.416 e. The van der Waals surface area contributed by atoms with E-state index in [0.717, 1.165) is 17.6 Å². The van der Waals surface area contributed by atoms with Gasteiger partial charge in [0.2, 0.25) is 5.91 Å². The van der Waals surface area contributed by atoms with E-state index in [1.54, 1.807) is 48.1 Å². The SMILES string of the molecule is CC(O)C(=O)N[C@@H](C)[C@H](Oc1ccc2c(cnn2-c2ccc(F)cc2)c1)c1ccc(C(F)(F)F)cc1. The van der Waals surface area contributed by atoms with Gasteiger partial charge in [-0.15, -0.1) is 0 Å². The highest BCUT2D eigenvalue weighted by molar-refractivity contribution is 5.82. The predicted octanol–water partition coefficient (Wildman–Crippen LogP) is 5.19. The fourth-order valence-corrected chi connectivity index (χ4v) is 3.76. The van der Waals surface area contributed by atoms with Crippen LogP contribution in [0.2, 0.25) is 0 Å². The molecule has 36 heavy (non-hydrogen) atoms. The predicted molar refractivity (Wildman–Crippen MR) is 125 cm³/mol. The lowest BCUT2D eigenvalue weighted by atomic mass is 10.0. The number of hydrogen-bond donors (Lipinski definition) is 2. The molecule has 10 heteroatoms. The maximum Gasteiger partial charge on any atom is 0.416 e. The van der Waals surface area contributed by atoms with E-state index in [1.807, 2.05) is 0 Å². The molecule has 3 atom stereocenters. The molecule has 6 nitrogen and oxygen atoms in total. The Kier molecular flexibility index (Phi) is 6.98. The molecule has 0 aliphatic rings. The first-order valence-electron chi connectivity index (χ1n) is 11.1. The van der Waals surface area contributed by atoms with Crippen LogP contribution in [0.5, 0.6) is 5.75 Å². The summed E-state index contributed by atoms with van der Waals surface area (Å²) in [5.74, 6) is -0.611. The molecule has 0 radical (unpaired) electrons. The Morgan fingerprint density at radius 3 is 2.31 bits per heavy atom. The number of aliphatic hydroxyl groups is 1. The number of alkyl halides is 3. The van der Waals surface area contributed by atoms with Gasteiger partial charge in [-0.3, -0.25) is 4.79 Å². The van der Waals surface area contributed by atoms with Gasteiger partial charge in [0.05, 0.1) is 29.0 Å². The molecule has 1 unspecified atom stereocenters. The minimum atomic E-state index is -4.49. The zero-order valence-electron chi connectivity index (χ0n) is 19.3. The zero-order valence-corrected chi connectivity index (χ0v) is 19.3. The van der Waals surface area contributed by atoms with Crippen LogP contribution in [0, 0.1) is 5.82 Å². The number of aromatic nitrogens is 2. The number of aliphatic hydroxyl groups excluding tert-OH is 1. The fraction of sp³-hybridized carbons (Fsp3) is 0.231. The molecule has 0 fully saturated rings. The molecule has 4 rings (SSSR count). The number of fused-ring (bicyclic) bond motifs is 1. The van der Waals surface area contributed by atoms with Crippen molar-refractivity contribution in [2.24, 2.45) is 0 Å². The number of nitrogens with one attached hydrogen (secondary N) is 1. The number of carbonyl (C=O) groups excluding carboxylic acids is 1. The summed E-state index contributed by atoms with van der Waals surface area (Å²) in [5.41, 5.74) is 0.997. The Bertz CT molecular complexity index is 1350. The number of carbonyl (C=O) groups is 1. The third kappa shape index (κ3) is 5.49. The van der Waals surface area contributed by atoms with E-state index in [4.69, 9.17) is 4.74 Å². The maximum absolute atomic E-state index is 13.3. The third-order valence-corrected chi connectivity index (χ3v) is 5.64. The summed E-state index contributed by atoms with van der Waals surface area (Å²) in [6.07, 6.45) is -5.01. The van der Waals surface area contributed by atoms with Crippen LogP contribution in [0.3, 0.4) is 0 Å². The Morgan fingerprint density at radius 2 is 1.69 bits per heavy atom. The number of halogens is 4. The number of rotatable bonds is 7. The van der Waals surface area contributed by atoms with E-state index in [-0.39, 0.29) is 5.82 Å². The fourth-order valence-electron chi connectivity index (χ4n) is 3.76. The Morgan fingerprint density at radius 1 is 1.03 bits per heavy atom. The van der Waals surface area contributed by atoms with Gasteiger partial charge in [0.15, 0.2) is 0 Å². The molecule has 0 saturated heterocycles. The first-order chi connectivity index (χ1) is 17.0. The van der Waals surface area contributed by atoms with Gasteiger partial charge in [-0.05, 0) is 74.0 Å². The van der Waals surface area contributed by atoms with Crippen LogP contribution in [0.4, 0.5) is 17.6 Å². The van der Waals surface area contributed by atoms with Crippen LogP contribution in [0.1, 0.15) is 31.1 Å². The maximum atomic E-state index is 13.3. The van der Waals surface area contributed by atoms with Crippen LogP contribution in [-0.4, -0.2) is 32.9 Å². The van der Waals surface area contributed by atoms with Crippen LogP contribution < -0.4 is 10.1 Å². The van der Waals surface area contributed by atoms with E-state index in [1.165, 1.54) is 31.2 Å². The Hall–Kier alpha value is -3.92. The summed E-state index contributed by atoms with van der Waals surface area (Å²) in [7, 11) is 0. The molecule has 3 aromatic carbocycles. The van der Waals surface area contributed by atoms with Crippen molar-refractivity contribution in [2.75, 3.05) is 0 Å². The molecule has 0 bridgehead atoms. The first-order valence-corrected chi connectivity index (χ1v) is 11.1. The lowest BCUT2D eigenvalue weighted by molar-refractivity contribution is -0.137. The summed E-state index contributed by atoms with van der Waals surface area (Å²) in [6.45, 7) is 2.94. The summed E-state index contributed by atoms with van der Waals surface area (Å²) in [4.78, 5) is 12.1. The van der Waals surface area contributed by atoms with Gasteiger partial charge >= 0.3 is 6.18 Å². The van der Waals surface area contributed by atoms with E-state index < -0.39 is 35.9 Å². The molecule has 4 aromatic rings. The lowest BCUT2D eigenvalue weighted by Crippen LogP contribution is -2.43. The highest BCUT2D eigenvalue weighted by atomic mass is 19.4. The summed E-state index contributed by atoms with van der Waals surface area (Å²) in [5, 5.41) is 17.2. The molecule has 1 heterocycles. The molecule has 0 saturated carbocycles. The molecule has 1 aromatic heterocycles. The largest absolute Gasteiger partial charge is 0.484 e. The number of benzene rings is 3. The van der Waals surface area contributed by atoms with Crippen molar-refractivity contribution in [3.63, 3.8) is 0 Å². The van der Waals surface area contributed by atoms with Gasteiger partial charge in [0.1, 0.15) is 23.8 Å². The van der Waals surface area contributed by atoms with Crippen molar-refractivity contribution >= 4 is 16.8 Å². The van der Waals surface area contributed by atoms with Crippen molar-refractivity contribution in [2.45, 2.75) is 38.3 Å². The van der Waals surface area contributed by atoms with Gasteiger partial charge in [-0.25, -0.2) is 9.07 Å². The van der Waals surface area contributed by atoms with Crippen LogP contribution in [0.25, 0.3) is 16.6 Å². The Labute approximate surface area is 204 Å². The average molecular weight is 501 g/mol. The topological polar surface area (TPSA) is 76.4 Å². The van der Waals surface area contributed by atoms with E-state index in [9.17, 15) is 27.5 Å². The highest BCUT2D eigenvalue weighted by Crippen LogP contribution is 2.33. The second-order valence-corrected chi connectivity index (χ2v) is 8.38. The molecular formula is C26H23F4N3O3. The summed E-state index contributed by atoms with van der Waals surface area (Å²) in [6, 6.07) is 14.8. The zero-order chi connectivity index (χ0) is 26.0. The minimum absolute atomic E-state index is 0.364. The van der Waals surface area contributed by atoms with Crippen LogP contribution in [-0.2, 0) is 11.0 Å². The van der Waals surface area contributed by atoms with Gasteiger partial charge in [0.25, 0.3) is 0 Å². The van der Waals surface area contributed by atoms with E-state index >= 15 is 0 Å². The number of nitrogens with zero attached hydrogens (tertiary/aromatic N) is 2.